The molecule has 0 saturated carbocycles. The topological polar surface area (TPSA) is 50.3 Å². The summed E-state index contributed by atoms with van der Waals surface area (Å²) in [6.07, 6.45) is 0. The smallest absolute Gasteiger partial charge is 0.229 e. The van der Waals surface area contributed by atoms with Gasteiger partial charge in [-0.1, -0.05) is 18.2 Å². The number of hydrogen-bond donors (Lipinski definition) is 1. The Balaban J connectivity index is 1.81. The summed E-state index contributed by atoms with van der Waals surface area (Å²) in [4.78, 5) is 11.2. The van der Waals surface area contributed by atoms with Crippen LogP contribution in [0.1, 0.15) is 12.6 Å². The average molecular weight is 334 g/mol. The Morgan fingerprint density at radius 1 is 1.00 bits per heavy atom. The number of anilines is 4. The summed E-state index contributed by atoms with van der Waals surface area (Å²) in [7, 11) is 2.00. The molecule has 0 spiro atoms. The van der Waals surface area contributed by atoms with E-state index < -0.39 is 0 Å². The van der Waals surface area contributed by atoms with Gasteiger partial charge in [0.05, 0.1) is 6.61 Å². The zero-order valence-electron chi connectivity index (χ0n) is 14.7. The highest BCUT2D eigenvalue weighted by Crippen LogP contribution is 2.24. The van der Waals surface area contributed by atoms with Crippen LogP contribution in [0.4, 0.5) is 23.1 Å². The van der Waals surface area contributed by atoms with E-state index in [2.05, 4.69) is 27.4 Å². The summed E-state index contributed by atoms with van der Waals surface area (Å²) in [6, 6.07) is 19.9. The van der Waals surface area contributed by atoms with Crippen LogP contribution in [0.5, 0.6) is 5.75 Å². The van der Waals surface area contributed by atoms with Gasteiger partial charge in [-0.2, -0.15) is 4.98 Å². The second-order valence-electron chi connectivity index (χ2n) is 5.67. The van der Waals surface area contributed by atoms with Gasteiger partial charge in [0, 0.05) is 30.2 Å². The molecule has 3 aromatic rings. The van der Waals surface area contributed by atoms with Gasteiger partial charge in [0.2, 0.25) is 5.95 Å². The summed E-state index contributed by atoms with van der Waals surface area (Å²) >= 11 is 0. The average Bonchev–Trinajstić information content (AvgIpc) is 2.63. The van der Waals surface area contributed by atoms with Crippen LogP contribution in [0, 0.1) is 6.92 Å². The lowest BCUT2D eigenvalue weighted by Gasteiger charge is -2.19. The number of para-hydroxylation sites is 1. The lowest BCUT2D eigenvalue weighted by Crippen LogP contribution is -2.13. The fourth-order valence-corrected chi connectivity index (χ4v) is 2.49. The van der Waals surface area contributed by atoms with E-state index in [1.54, 1.807) is 0 Å². The normalized spacial score (nSPS) is 10.4. The summed E-state index contributed by atoms with van der Waals surface area (Å²) in [5, 5.41) is 3.26. The molecule has 0 aliphatic heterocycles. The first kappa shape index (κ1) is 16.8. The third kappa shape index (κ3) is 4.26. The van der Waals surface area contributed by atoms with Crippen LogP contribution >= 0.6 is 0 Å². The molecule has 0 saturated heterocycles. The molecule has 0 aliphatic rings. The molecule has 5 heteroatoms. The molecule has 0 fully saturated rings. The molecule has 1 N–H and O–H groups in total. The van der Waals surface area contributed by atoms with E-state index in [-0.39, 0.29) is 0 Å². The molecule has 25 heavy (non-hydrogen) atoms. The van der Waals surface area contributed by atoms with Gasteiger partial charge in [0.25, 0.3) is 0 Å². The Bertz CT molecular complexity index is 819. The van der Waals surface area contributed by atoms with Gasteiger partial charge in [-0.15, -0.1) is 0 Å². The first-order chi connectivity index (χ1) is 12.2. The molecule has 128 valence electrons. The summed E-state index contributed by atoms with van der Waals surface area (Å²) < 4.78 is 5.46. The zero-order chi connectivity index (χ0) is 17.6. The van der Waals surface area contributed by atoms with Crippen LogP contribution < -0.4 is 15.0 Å². The van der Waals surface area contributed by atoms with Crippen molar-refractivity contribution < 1.29 is 4.74 Å². The molecule has 0 amide bonds. The third-order valence-corrected chi connectivity index (χ3v) is 3.75. The highest BCUT2D eigenvalue weighted by Gasteiger charge is 2.09. The second kappa shape index (κ2) is 7.66. The molecule has 1 aromatic heterocycles. The Hall–Kier alpha value is -3.08. The van der Waals surface area contributed by atoms with Gasteiger partial charge in [-0.25, -0.2) is 4.98 Å². The van der Waals surface area contributed by atoms with Crippen LogP contribution in [0.25, 0.3) is 0 Å². The highest BCUT2D eigenvalue weighted by molar-refractivity contribution is 5.62. The largest absolute Gasteiger partial charge is 0.494 e. The summed E-state index contributed by atoms with van der Waals surface area (Å²) in [6.45, 7) is 4.59. The van der Waals surface area contributed by atoms with E-state index in [1.807, 2.05) is 74.3 Å². The van der Waals surface area contributed by atoms with Gasteiger partial charge in [0.15, 0.2) is 0 Å². The van der Waals surface area contributed by atoms with Crippen molar-refractivity contribution in [2.24, 2.45) is 0 Å². The first-order valence-electron chi connectivity index (χ1n) is 8.30. The van der Waals surface area contributed by atoms with E-state index in [9.17, 15) is 0 Å². The van der Waals surface area contributed by atoms with Crippen LogP contribution in [-0.2, 0) is 0 Å². The summed E-state index contributed by atoms with van der Waals surface area (Å²) in [5.74, 6) is 2.26. The van der Waals surface area contributed by atoms with Crippen molar-refractivity contribution in [3.05, 3.63) is 66.4 Å². The third-order valence-electron chi connectivity index (χ3n) is 3.75. The maximum Gasteiger partial charge on any atom is 0.229 e. The van der Waals surface area contributed by atoms with Crippen molar-refractivity contribution in [2.75, 3.05) is 23.9 Å². The number of benzene rings is 2. The minimum Gasteiger partial charge on any atom is -0.494 e. The van der Waals surface area contributed by atoms with Crippen LogP contribution in [0.3, 0.4) is 0 Å². The van der Waals surface area contributed by atoms with E-state index in [0.717, 1.165) is 28.6 Å². The quantitative estimate of drug-likeness (QED) is 0.708. The first-order valence-corrected chi connectivity index (χ1v) is 8.30. The Morgan fingerprint density at radius 2 is 1.72 bits per heavy atom. The van der Waals surface area contributed by atoms with E-state index in [0.29, 0.717) is 12.6 Å². The van der Waals surface area contributed by atoms with Crippen LogP contribution in [0.15, 0.2) is 60.7 Å². The zero-order valence-corrected chi connectivity index (χ0v) is 14.7. The number of nitrogens with zero attached hydrogens (tertiary/aromatic N) is 3. The van der Waals surface area contributed by atoms with Gasteiger partial charge >= 0.3 is 0 Å². The van der Waals surface area contributed by atoms with E-state index >= 15 is 0 Å². The maximum atomic E-state index is 5.46. The van der Waals surface area contributed by atoms with Crippen molar-refractivity contribution in [3.8, 4) is 5.75 Å². The van der Waals surface area contributed by atoms with Crippen molar-refractivity contribution >= 4 is 23.1 Å². The number of nitrogens with one attached hydrogen (secondary N) is 1. The van der Waals surface area contributed by atoms with Gasteiger partial charge in [-0.05, 0) is 50.2 Å². The number of hydrogen-bond acceptors (Lipinski definition) is 5. The fourth-order valence-electron chi connectivity index (χ4n) is 2.49. The number of rotatable bonds is 6. The van der Waals surface area contributed by atoms with E-state index in [4.69, 9.17) is 4.74 Å². The predicted octanol–water partition coefficient (Wildman–Crippen LogP) is 4.70. The molecule has 5 nitrogen and oxygen atoms in total. The molecule has 0 bridgehead atoms. The molecular formula is C20H22N4O. The maximum absolute atomic E-state index is 5.46. The Labute approximate surface area is 148 Å². The van der Waals surface area contributed by atoms with Crippen LogP contribution in [-0.4, -0.2) is 23.6 Å². The molecule has 0 unspecified atom stereocenters. The lowest BCUT2D eigenvalue weighted by molar-refractivity contribution is 0.340. The molecule has 0 radical (unpaired) electrons. The van der Waals surface area contributed by atoms with E-state index in [1.165, 1.54) is 0 Å². The second-order valence-corrected chi connectivity index (χ2v) is 5.67. The standard InChI is InChI=1S/C20H22N4O/c1-4-25-18-12-10-16(11-13-18)22-20-21-15(2)14-19(23-20)24(3)17-8-6-5-7-9-17/h5-14H,4H2,1-3H3,(H,21,22,23). The minimum absolute atomic E-state index is 0.571. The van der Waals surface area contributed by atoms with Crippen molar-refractivity contribution in [3.63, 3.8) is 0 Å². The molecular weight excluding hydrogens is 312 g/mol. The van der Waals surface area contributed by atoms with Crippen molar-refractivity contribution in [1.29, 1.82) is 0 Å². The molecule has 1 heterocycles. The SMILES string of the molecule is CCOc1ccc(Nc2nc(C)cc(N(C)c3ccccc3)n2)cc1. The molecule has 3 rings (SSSR count). The monoisotopic (exact) mass is 334 g/mol. The number of aromatic nitrogens is 2. The fraction of sp³-hybridized carbons (Fsp3) is 0.200. The number of ether oxygens (including phenoxy) is 1. The molecule has 0 atom stereocenters. The predicted molar refractivity (Wildman–Crippen MR) is 102 cm³/mol. The summed E-state index contributed by atoms with van der Waals surface area (Å²) in [5.41, 5.74) is 2.90. The van der Waals surface area contributed by atoms with Crippen molar-refractivity contribution in [1.82, 2.24) is 9.97 Å². The van der Waals surface area contributed by atoms with Gasteiger partial charge in [0.1, 0.15) is 11.6 Å². The molecule has 0 aliphatic carbocycles. The van der Waals surface area contributed by atoms with Crippen molar-refractivity contribution in [2.45, 2.75) is 13.8 Å². The number of aryl methyl sites for hydroxylation is 1. The van der Waals surface area contributed by atoms with Gasteiger partial charge in [-0.3, -0.25) is 0 Å². The van der Waals surface area contributed by atoms with Crippen LogP contribution in [0.2, 0.25) is 0 Å². The lowest BCUT2D eigenvalue weighted by atomic mass is 10.3. The molecule has 2 aromatic carbocycles. The Kier molecular flexibility index (Phi) is 5.14. The Morgan fingerprint density at radius 3 is 2.40 bits per heavy atom. The highest BCUT2D eigenvalue weighted by atomic mass is 16.5. The van der Waals surface area contributed by atoms with Gasteiger partial charge < -0.3 is 15.0 Å². The minimum atomic E-state index is 0.571.